The van der Waals surface area contributed by atoms with Gasteiger partial charge in [-0.1, -0.05) is 49.6 Å². The van der Waals surface area contributed by atoms with Gasteiger partial charge in [0.15, 0.2) is 11.5 Å². The molecule has 1 atom stereocenters. The third-order valence-electron chi connectivity index (χ3n) is 5.73. The van der Waals surface area contributed by atoms with Crippen LogP contribution in [-0.2, 0) is 4.79 Å². The van der Waals surface area contributed by atoms with Crippen LogP contribution in [0.15, 0.2) is 42.2 Å². The van der Waals surface area contributed by atoms with Crippen molar-refractivity contribution in [2.75, 3.05) is 4.90 Å². The number of aliphatic hydroxyl groups excluding tert-OH is 2. The molecule has 0 radical (unpaired) electrons. The predicted molar refractivity (Wildman–Crippen MR) is 110 cm³/mol. The molecule has 1 aliphatic heterocycles. The molecule has 1 aromatic carbocycles. The highest BCUT2D eigenvalue weighted by molar-refractivity contribution is 7.20. The molecule has 1 fully saturated rings. The molecule has 5 heteroatoms. The summed E-state index contributed by atoms with van der Waals surface area (Å²) < 4.78 is 0. The number of carbonyl (C=O) groups is 1. The number of fused-ring (bicyclic) bond motifs is 1. The maximum Gasteiger partial charge on any atom is 0.228 e. The first kappa shape index (κ1) is 18.1. The van der Waals surface area contributed by atoms with Crippen molar-refractivity contribution in [3.8, 4) is 10.4 Å². The molecule has 1 aromatic heterocycles. The average Bonchev–Trinajstić information content (AvgIpc) is 3.13. The molecule has 1 unspecified atom stereocenters. The monoisotopic (exact) mass is 383 g/mol. The minimum atomic E-state index is -0.545. The summed E-state index contributed by atoms with van der Waals surface area (Å²) in [6.45, 7) is 1.77. The molecule has 1 saturated carbocycles. The van der Waals surface area contributed by atoms with Crippen molar-refractivity contribution in [1.29, 1.82) is 0 Å². The predicted octanol–water partition coefficient (Wildman–Crippen LogP) is 5.91. The molecule has 0 bridgehead atoms. The lowest BCUT2D eigenvalue weighted by Gasteiger charge is -2.34. The molecule has 0 saturated heterocycles. The number of carbonyl (C=O) groups excluding carboxylic acids is 1. The molecular formula is C22H25NO3S. The largest absolute Gasteiger partial charge is 0.506 e. The van der Waals surface area contributed by atoms with Gasteiger partial charge < -0.3 is 10.2 Å². The number of hydrogen-bond acceptors (Lipinski definition) is 4. The number of nitrogens with zero attached hydrogens (tertiary/aromatic N) is 1. The van der Waals surface area contributed by atoms with E-state index in [0.717, 1.165) is 28.3 Å². The zero-order chi connectivity index (χ0) is 19.0. The minimum absolute atomic E-state index is 0.0381. The van der Waals surface area contributed by atoms with Gasteiger partial charge in [0.2, 0.25) is 5.91 Å². The Morgan fingerprint density at radius 1 is 1.15 bits per heavy atom. The smallest absolute Gasteiger partial charge is 0.228 e. The molecule has 1 aliphatic carbocycles. The summed E-state index contributed by atoms with van der Waals surface area (Å²) in [5, 5.41) is 21.7. The van der Waals surface area contributed by atoms with Crippen LogP contribution in [0.4, 0.5) is 5.00 Å². The van der Waals surface area contributed by atoms with Gasteiger partial charge in [-0.05, 0) is 37.3 Å². The molecule has 27 heavy (non-hydrogen) atoms. The van der Waals surface area contributed by atoms with Crippen LogP contribution in [0.3, 0.4) is 0 Å². The van der Waals surface area contributed by atoms with Crippen LogP contribution in [0.1, 0.15) is 51.0 Å². The lowest BCUT2D eigenvalue weighted by atomic mass is 9.86. The molecule has 0 spiro atoms. The van der Waals surface area contributed by atoms with Crippen LogP contribution >= 0.6 is 11.3 Å². The normalized spacial score (nSPS) is 20.6. The van der Waals surface area contributed by atoms with Crippen molar-refractivity contribution in [1.82, 2.24) is 0 Å². The summed E-state index contributed by atoms with van der Waals surface area (Å²) in [6.07, 6.45) is 6.37. The lowest BCUT2D eigenvalue weighted by Crippen LogP contribution is -2.43. The fraction of sp³-hybridized carbons (Fsp3) is 0.409. The SMILES string of the molecule is CC1C(O)=C(O)c2cc(-c3ccccc3)sc2N1C(=O)CC1CCCCC1. The Morgan fingerprint density at radius 3 is 2.56 bits per heavy atom. The van der Waals surface area contributed by atoms with Crippen LogP contribution in [0.25, 0.3) is 16.2 Å². The zero-order valence-corrected chi connectivity index (χ0v) is 16.3. The van der Waals surface area contributed by atoms with E-state index in [1.807, 2.05) is 36.4 Å². The van der Waals surface area contributed by atoms with Crippen molar-refractivity contribution in [3.63, 3.8) is 0 Å². The van der Waals surface area contributed by atoms with E-state index in [1.165, 1.54) is 30.6 Å². The van der Waals surface area contributed by atoms with Crippen molar-refractivity contribution in [3.05, 3.63) is 47.7 Å². The second-order valence-electron chi connectivity index (χ2n) is 7.58. The first-order valence-corrected chi connectivity index (χ1v) is 10.5. The highest BCUT2D eigenvalue weighted by atomic mass is 32.1. The number of aliphatic hydroxyl groups is 2. The highest BCUT2D eigenvalue weighted by Crippen LogP contribution is 2.46. The minimum Gasteiger partial charge on any atom is -0.506 e. The molecular weight excluding hydrogens is 358 g/mol. The maximum absolute atomic E-state index is 13.2. The van der Waals surface area contributed by atoms with E-state index >= 15 is 0 Å². The first-order chi connectivity index (χ1) is 13.1. The first-order valence-electron chi connectivity index (χ1n) is 9.70. The summed E-state index contributed by atoms with van der Waals surface area (Å²) in [7, 11) is 0. The Balaban J connectivity index is 1.69. The Morgan fingerprint density at radius 2 is 1.85 bits per heavy atom. The fourth-order valence-electron chi connectivity index (χ4n) is 4.17. The van der Waals surface area contributed by atoms with E-state index in [0.29, 0.717) is 17.9 Å². The van der Waals surface area contributed by atoms with Gasteiger partial charge in [-0.3, -0.25) is 9.69 Å². The lowest BCUT2D eigenvalue weighted by molar-refractivity contribution is -0.120. The third-order valence-corrected chi connectivity index (χ3v) is 6.91. The second kappa shape index (κ2) is 7.39. The maximum atomic E-state index is 13.2. The van der Waals surface area contributed by atoms with Gasteiger partial charge >= 0.3 is 0 Å². The van der Waals surface area contributed by atoms with Crippen molar-refractivity contribution < 1.29 is 15.0 Å². The van der Waals surface area contributed by atoms with Gasteiger partial charge in [-0.25, -0.2) is 0 Å². The standard InChI is InChI=1S/C22H25NO3S/c1-14-20(25)21(26)17-13-18(16-10-6-3-7-11-16)27-22(17)23(14)19(24)12-15-8-4-2-5-9-15/h3,6-7,10-11,13-15,25-26H,2,4-5,8-9,12H2,1H3. The Labute approximate surface area is 163 Å². The second-order valence-corrected chi connectivity index (χ2v) is 8.61. The Kier molecular flexibility index (Phi) is 4.96. The van der Waals surface area contributed by atoms with Crippen molar-refractivity contribution in [2.24, 2.45) is 5.92 Å². The topological polar surface area (TPSA) is 60.8 Å². The van der Waals surface area contributed by atoms with E-state index in [1.54, 1.807) is 11.8 Å². The van der Waals surface area contributed by atoms with Crippen LogP contribution in [0.5, 0.6) is 0 Å². The number of rotatable bonds is 3. The summed E-state index contributed by atoms with van der Waals surface area (Å²) >= 11 is 1.50. The number of hydrogen-bond donors (Lipinski definition) is 2. The van der Waals surface area contributed by atoms with Gasteiger partial charge in [-0.2, -0.15) is 0 Å². The summed E-state index contributed by atoms with van der Waals surface area (Å²) in [5.74, 6) is 0.225. The average molecular weight is 384 g/mol. The highest BCUT2D eigenvalue weighted by Gasteiger charge is 2.37. The van der Waals surface area contributed by atoms with E-state index < -0.39 is 6.04 Å². The van der Waals surface area contributed by atoms with Crippen molar-refractivity contribution >= 4 is 28.0 Å². The van der Waals surface area contributed by atoms with E-state index in [2.05, 4.69) is 0 Å². The van der Waals surface area contributed by atoms with E-state index in [-0.39, 0.29) is 17.4 Å². The molecule has 2 heterocycles. The van der Waals surface area contributed by atoms with Gasteiger partial charge in [0.05, 0.1) is 11.6 Å². The van der Waals surface area contributed by atoms with E-state index in [9.17, 15) is 15.0 Å². The van der Waals surface area contributed by atoms with Crippen LogP contribution in [-0.4, -0.2) is 22.2 Å². The Hall–Kier alpha value is -2.27. The molecule has 4 nitrogen and oxygen atoms in total. The van der Waals surface area contributed by atoms with Gasteiger partial charge in [0.25, 0.3) is 0 Å². The number of benzene rings is 1. The molecule has 142 valence electrons. The van der Waals surface area contributed by atoms with Crippen LogP contribution < -0.4 is 4.90 Å². The zero-order valence-electron chi connectivity index (χ0n) is 15.5. The van der Waals surface area contributed by atoms with Gasteiger partial charge in [0.1, 0.15) is 5.00 Å². The summed E-state index contributed by atoms with van der Waals surface area (Å²) in [5.41, 5.74) is 1.59. The molecule has 2 aliphatic rings. The van der Waals surface area contributed by atoms with Crippen LogP contribution in [0.2, 0.25) is 0 Å². The molecule has 4 rings (SSSR count). The molecule has 2 aromatic rings. The summed E-state index contributed by atoms with van der Waals surface area (Å²) in [6, 6.07) is 11.2. The molecule has 2 N–H and O–H groups in total. The van der Waals surface area contributed by atoms with Gasteiger partial charge in [-0.15, -0.1) is 11.3 Å². The quantitative estimate of drug-likeness (QED) is 0.693. The third kappa shape index (κ3) is 3.36. The Bertz CT molecular complexity index is 865. The number of amides is 1. The van der Waals surface area contributed by atoms with Gasteiger partial charge in [0, 0.05) is 11.3 Å². The fourth-order valence-corrected chi connectivity index (χ4v) is 5.44. The van der Waals surface area contributed by atoms with E-state index in [4.69, 9.17) is 0 Å². The summed E-state index contributed by atoms with van der Waals surface area (Å²) in [4.78, 5) is 15.8. The molecule has 1 amide bonds. The van der Waals surface area contributed by atoms with Crippen molar-refractivity contribution in [2.45, 2.75) is 51.5 Å². The number of anilines is 1. The number of thiophene rings is 1. The van der Waals surface area contributed by atoms with Crippen LogP contribution in [0, 0.1) is 5.92 Å².